The average Bonchev–Trinajstić information content (AvgIpc) is 1.99. The molecule has 76 valence electrons. The molecule has 0 amide bonds. The molecule has 15 heavy (non-hydrogen) atoms. The summed E-state index contributed by atoms with van der Waals surface area (Å²) in [5.74, 6) is -4.50. The van der Waals surface area contributed by atoms with Crippen LogP contribution in [0.1, 0.15) is 33.1 Å². The SMILES string of the molecule is CCCC(C)CC(C(=O)[O-])C(=O)[O-].[Li+].[Na+]. The molecular weight excluding hydrogens is 202 g/mol. The van der Waals surface area contributed by atoms with Crippen LogP contribution in [0.25, 0.3) is 0 Å². The van der Waals surface area contributed by atoms with E-state index in [2.05, 4.69) is 0 Å². The third kappa shape index (κ3) is 9.47. The normalized spacial score (nSPS) is 11.1. The van der Waals surface area contributed by atoms with Crippen LogP contribution in [0, 0.1) is 11.8 Å². The van der Waals surface area contributed by atoms with Crippen LogP contribution in [-0.2, 0) is 9.59 Å². The van der Waals surface area contributed by atoms with Crippen molar-refractivity contribution in [2.75, 3.05) is 0 Å². The molecule has 0 heterocycles. The van der Waals surface area contributed by atoms with Crippen molar-refractivity contribution in [1.82, 2.24) is 0 Å². The van der Waals surface area contributed by atoms with Crippen LogP contribution in [0.15, 0.2) is 0 Å². The van der Waals surface area contributed by atoms with Gasteiger partial charge < -0.3 is 19.8 Å². The van der Waals surface area contributed by atoms with Gasteiger partial charge in [-0.3, -0.25) is 0 Å². The van der Waals surface area contributed by atoms with Crippen LogP contribution in [0.5, 0.6) is 0 Å². The maximum Gasteiger partial charge on any atom is 1.00 e. The number of aliphatic carboxylic acids is 2. The van der Waals surface area contributed by atoms with Crippen molar-refractivity contribution in [1.29, 1.82) is 0 Å². The predicted molar refractivity (Wildman–Crippen MR) is 42.2 cm³/mol. The monoisotopic (exact) mass is 216 g/mol. The first kappa shape index (κ1) is 20.9. The van der Waals surface area contributed by atoms with Crippen molar-refractivity contribution in [2.24, 2.45) is 11.8 Å². The maximum atomic E-state index is 10.3. The number of rotatable bonds is 6. The van der Waals surface area contributed by atoms with E-state index in [-0.39, 0.29) is 60.8 Å². The van der Waals surface area contributed by atoms with Gasteiger partial charge in [-0.05, 0) is 12.3 Å². The molecule has 0 saturated carbocycles. The van der Waals surface area contributed by atoms with Gasteiger partial charge in [0.05, 0.1) is 11.9 Å². The van der Waals surface area contributed by atoms with Gasteiger partial charge in [0, 0.05) is 5.92 Å². The van der Waals surface area contributed by atoms with E-state index in [9.17, 15) is 19.8 Å². The molecule has 0 rings (SSSR count). The van der Waals surface area contributed by atoms with E-state index >= 15 is 0 Å². The standard InChI is InChI=1S/C9H16O4.Li.Na/c1-3-4-6(2)5-7(8(10)11)9(12)13;;/h6-7H,3-5H2,1-2H3,(H,10,11)(H,12,13);;/q;2*+1/p-2. The molecule has 0 spiro atoms. The first-order valence-electron chi connectivity index (χ1n) is 4.40. The van der Waals surface area contributed by atoms with E-state index in [1.807, 2.05) is 13.8 Å². The van der Waals surface area contributed by atoms with Crippen LogP contribution >= 0.6 is 0 Å². The first-order valence-corrected chi connectivity index (χ1v) is 4.40. The molecule has 0 bridgehead atoms. The smallest absolute Gasteiger partial charge is 0.549 e. The summed E-state index contributed by atoms with van der Waals surface area (Å²) in [6.45, 7) is 3.78. The molecule has 0 aromatic carbocycles. The minimum absolute atomic E-state index is 0. The summed E-state index contributed by atoms with van der Waals surface area (Å²) in [5, 5.41) is 20.7. The second kappa shape index (κ2) is 11.0. The summed E-state index contributed by atoms with van der Waals surface area (Å²) >= 11 is 0. The van der Waals surface area contributed by atoms with E-state index in [0.29, 0.717) is 0 Å². The Hall–Kier alpha value is 0.537. The van der Waals surface area contributed by atoms with Gasteiger partial charge in [-0.15, -0.1) is 0 Å². The summed E-state index contributed by atoms with van der Waals surface area (Å²) in [5.41, 5.74) is 0. The minimum atomic E-state index is -1.55. The number of hydrogen-bond acceptors (Lipinski definition) is 4. The molecule has 0 aliphatic carbocycles. The van der Waals surface area contributed by atoms with Crippen molar-refractivity contribution in [2.45, 2.75) is 33.1 Å². The zero-order valence-corrected chi connectivity index (χ0v) is 11.9. The van der Waals surface area contributed by atoms with E-state index in [1.165, 1.54) is 0 Å². The number of hydrogen-bond donors (Lipinski definition) is 0. The van der Waals surface area contributed by atoms with Crippen molar-refractivity contribution in [3.8, 4) is 0 Å². The van der Waals surface area contributed by atoms with Gasteiger partial charge in [-0.2, -0.15) is 0 Å². The molecule has 1 unspecified atom stereocenters. The molecule has 4 nitrogen and oxygen atoms in total. The van der Waals surface area contributed by atoms with E-state index < -0.39 is 17.9 Å². The molecule has 0 fully saturated rings. The van der Waals surface area contributed by atoms with Crippen molar-refractivity contribution in [3.05, 3.63) is 0 Å². The number of carboxylic acids is 2. The summed E-state index contributed by atoms with van der Waals surface area (Å²) in [6.07, 6.45) is 1.82. The Balaban J connectivity index is -0.000000720. The molecule has 0 aliphatic heterocycles. The van der Waals surface area contributed by atoms with Crippen LogP contribution < -0.4 is 58.6 Å². The molecule has 6 heteroatoms. The van der Waals surface area contributed by atoms with Gasteiger partial charge in [-0.25, -0.2) is 0 Å². The molecule has 0 aromatic rings. The number of carbonyl (C=O) groups is 2. The Labute approximate surface area is 124 Å². The zero-order chi connectivity index (χ0) is 10.4. The number of carbonyl (C=O) groups excluding carboxylic acids is 2. The van der Waals surface area contributed by atoms with E-state index in [4.69, 9.17) is 0 Å². The fourth-order valence-electron chi connectivity index (χ4n) is 1.30. The number of carboxylic acid groups (broad SMARTS) is 2. The second-order valence-corrected chi connectivity index (χ2v) is 3.32. The molecule has 0 aliphatic rings. The van der Waals surface area contributed by atoms with Gasteiger partial charge in [0.1, 0.15) is 0 Å². The first-order chi connectivity index (χ1) is 5.99. The minimum Gasteiger partial charge on any atom is -0.549 e. The van der Waals surface area contributed by atoms with Crippen molar-refractivity contribution >= 4 is 11.9 Å². The predicted octanol–water partition coefficient (Wildman–Crippen LogP) is -7.06. The molecule has 0 saturated heterocycles. The second-order valence-electron chi connectivity index (χ2n) is 3.32. The summed E-state index contributed by atoms with van der Waals surface area (Å²) in [7, 11) is 0. The topological polar surface area (TPSA) is 80.3 Å². The molecule has 0 aromatic heterocycles. The third-order valence-corrected chi connectivity index (χ3v) is 1.99. The molecule has 1 atom stereocenters. The Morgan fingerprint density at radius 3 is 1.87 bits per heavy atom. The van der Waals surface area contributed by atoms with Gasteiger partial charge in [0.2, 0.25) is 0 Å². The molecule has 0 radical (unpaired) electrons. The molecular formula is C9H14LiNaO4. The van der Waals surface area contributed by atoms with E-state index in [0.717, 1.165) is 12.8 Å². The maximum absolute atomic E-state index is 10.3. The van der Waals surface area contributed by atoms with Gasteiger partial charge in [-0.1, -0.05) is 26.7 Å². The van der Waals surface area contributed by atoms with Gasteiger partial charge in [0.25, 0.3) is 0 Å². The van der Waals surface area contributed by atoms with Crippen LogP contribution in [-0.4, -0.2) is 11.9 Å². The molecule has 0 N–H and O–H groups in total. The zero-order valence-electron chi connectivity index (χ0n) is 9.91. The average molecular weight is 216 g/mol. The van der Waals surface area contributed by atoms with Crippen LogP contribution in [0.4, 0.5) is 0 Å². The van der Waals surface area contributed by atoms with Crippen molar-refractivity contribution < 1.29 is 68.2 Å². The van der Waals surface area contributed by atoms with Crippen LogP contribution in [0.2, 0.25) is 0 Å². The van der Waals surface area contributed by atoms with E-state index in [1.54, 1.807) is 0 Å². The Morgan fingerprint density at radius 1 is 1.20 bits per heavy atom. The fourth-order valence-corrected chi connectivity index (χ4v) is 1.30. The summed E-state index contributed by atoms with van der Waals surface area (Å²) in [6, 6.07) is 0. The third-order valence-electron chi connectivity index (χ3n) is 1.99. The Morgan fingerprint density at radius 2 is 1.60 bits per heavy atom. The fraction of sp³-hybridized carbons (Fsp3) is 0.778. The summed E-state index contributed by atoms with van der Waals surface area (Å²) in [4.78, 5) is 20.7. The van der Waals surface area contributed by atoms with Crippen molar-refractivity contribution in [3.63, 3.8) is 0 Å². The Kier molecular flexibility index (Phi) is 15.4. The van der Waals surface area contributed by atoms with Crippen LogP contribution in [0.3, 0.4) is 0 Å². The van der Waals surface area contributed by atoms with Gasteiger partial charge in [0.15, 0.2) is 0 Å². The largest absolute Gasteiger partial charge is 1.00 e. The quantitative estimate of drug-likeness (QED) is 0.326. The summed E-state index contributed by atoms with van der Waals surface area (Å²) < 4.78 is 0. The Bertz CT molecular complexity index is 185. The van der Waals surface area contributed by atoms with Gasteiger partial charge >= 0.3 is 48.4 Å².